The Morgan fingerprint density at radius 1 is 1.37 bits per heavy atom. The van der Waals surface area contributed by atoms with Crippen LogP contribution in [-0.2, 0) is 0 Å². The molecular formula is C14H19FN2O2. The molecule has 0 heterocycles. The summed E-state index contributed by atoms with van der Waals surface area (Å²) in [6, 6.07) is 3.81. The third-order valence-corrected chi connectivity index (χ3v) is 3.80. The molecule has 4 nitrogen and oxygen atoms in total. The minimum Gasteiger partial charge on any atom is -0.507 e. The van der Waals surface area contributed by atoms with Crippen LogP contribution in [0.5, 0.6) is 5.75 Å². The first-order valence-corrected chi connectivity index (χ1v) is 6.50. The number of nitrogens with two attached hydrogens (primary N) is 1. The second-order valence-electron chi connectivity index (χ2n) is 5.15. The summed E-state index contributed by atoms with van der Waals surface area (Å²) in [6.45, 7) is 0. The van der Waals surface area contributed by atoms with Gasteiger partial charge >= 0.3 is 0 Å². The highest BCUT2D eigenvalue weighted by Crippen LogP contribution is 2.25. The van der Waals surface area contributed by atoms with Gasteiger partial charge in [0.2, 0.25) is 0 Å². The maximum atomic E-state index is 12.9. The standard InChI is InChI=1S/C14H19FN2O2/c1-17(11-5-3-10(16)4-6-11)14(19)12-7-2-9(15)8-13(12)18/h2,7-8,10-11,18H,3-6,16H2,1H3. The van der Waals surface area contributed by atoms with E-state index in [9.17, 15) is 14.3 Å². The highest BCUT2D eigenvalue weighted by atomic mass is 19.1. The SMILES string of the molecule is CN(C(=O)c1ccc(F)cc1O)C1CCC(N)CC1. The Morgan fingerprint density at radius 3 is 2.58 bits per heavy atom. The number of nitrogens with zero attached hydrogens (tertiary/aromatic N) is 1. The topological polar surface area (TPSA) is 66.6 Å². The van der Waals surface area contributed by atoms with Crippen molar-refractivity contribution < 1.29 is 14.3 Å². The number of benzene rings is 1. The number of aromatic hydroxyl groups is 1. The van der Waals surface area contributed by atoms with Crippen LogP contribution in [0, 0.1) is 5.82 Å². The van der Waals surface area contributed by atoms with Gasteiger partial charge in [-0.3, -0.25) is 4.79 Å². The summed E-state index contributed by atoms with van der Waals surface area (Å²) < 4.78 is 12.9. The van der Waals surface area contributed by atoms with E-state index in [0.717, 1.165) is 31.7 Å². The fraction of sp³-hybridized carbons (Fsp3) is 0.500. The van der Waals surface area contributed by atoms with E-state index in [1.807, 2.05) is 0 Å². The van der Waals surface area contributed by atoms with Crippen LogP contribution >= 0.6 is 0 Å². The van der Waals surface area contributed by atoms with Gasteiger partial charge in [0.05, 0.1) is 5.56 Å². The molecule has 0 atom stereocenters. The lowest BCUT2D eigenvalue weighted by molar-refractivity contribution is 0.0687. The zero-order valence-electron chi connectivity index (χ0n) is 11.0. The van der Waals surface area contributed by atoms with E-state index >= 15 is 0 Å². The minimum atomic E-state index is -0.555. The molecular weight excluding hydrogens is 247 g/mol. The number of amides is 1. The van der Waals surface area contributed by atoms with Gasteiger partial charge in [0.15, 0.2) is 0 Å². The zero-order valence-corrected chi connectivity index (χ0v) is 11.0. The van der Waals surface area contributed by atoms with Crippen LogP contribution in [0.25, 0.3) is 0 Å². The van der Waals surface area contributed by atoms with Crippen LogP contribution in [0.4, 0.5) is 4.39 Å². The number of carbonyl (C=O) groups is 1. The van der Waals surface area contributed by atoms with Crippen molar-refractivity contribution in [2.75, 3.05) is 7.05 Å². The molecule has 0 unspecified atom stereocenters. The smallest absolute Gasteiger partial charge is 0.257 e. The predicted octanol–water partition coefficient (Wildman–Crippen LogP) is 1.87. The highest BCUT2D eigenvalue weighted by Gasteiger charge is 2.26. The molecule has 1 amide bonds. The van der Waals surface area contributed by atoms with E-state index in [1.54, 1.807) is 11.9 Å². The molecule has 1 aromatic carbocycles. The molecule has 0 saturated heterocycles. The molecule has 0 aliphatic heterocycles. The van der Waals surface area contributed by atoms with Gasteiger partial charge < -0.3 is 15.7 Å². The summed E-state index contributed by atoms with van der Waals surface area (Å²) in [5, 5.41) is 9.64. The van der Waals surface area contributed by atoms with E-state index in [-0.39, 0.29) is 29.3 Å². The molecule has 1 aliphatic carbocycles. The summed E-state index contributed by atoms with van der Waals surface area (Å²) in [6.07, 6.45) is 3.53. The first-order valence-electron chi connectivity index (χ1n) is 6.50. The van der Waals surface area contributed by atoms with Crippen LogP contribution < -0.4 is 5.73 Å². The number of phenolic OH excluding ortho intramolecular Hbond substituents is 1. The summed E-state index contributed by atoms with van der Waals surface area (Å²) in [5.41, 5.74) is 5.98. The van der Waals surface area contributed by atoms with Crippen LogP contribution in [-0.4, -0.2) is 35.0 Å². The first-order chi connectivity index (χ1) is 8.99. The number of halogens is 1. The van der Waals surface area contributed by atoms with Gasteiger partial charge in [-0.15, -0.1) is 0 Å². The van der Waals surface area contributed by atoms with Crippen molar-refractivity contribution in [3.63, 3.8) is 0 Å². The monoisotopic (exact) mass is 266 g/mol. The maximum Gasteiger partial charge on any atom is 0.257 e. The molecule has 1 fully saturated rings. The molecule has 0 aromatic heterocycles. The Hall–Kier alpha value is -1.62. The van der Waals surface area contributed by atoms with Crippen molar-refractivity contribution >= 4 is 5.91 Å². The van der Waals surface area contributed by atoms with E-state index < -0.39 is 5.82 Å². The van der Waals surface area contributed by atoms with Crippen molar-refractivity contribution in [2.24, 2.45) is 5.73 Å². The van der Waals surface area contributed by atoms with E-state index in [1.165, 1.54) is 12.1 Å². The van der Waals surface area contributed by atoms with E-state index in [0.29, 0.717) is 0 Å². The molecule has 1 aromatic rings. The molecule has 2 rings (SSSR count). The van der Waals surface area contributed by atoms with Crippen molar-refractivity contribution in [2.45, 2.75) is 37.8 Å². The molecule has 0 spiro atoms. The molecule has 1 aliphatic rings. The maximum absolute atomic E-state index is 12.9. The van der Waals surface area contributed by atoms with Gasteiger partial charge in [-0.1, -0.05) is 0 Å². The Balaban J connectivity index is 2.10. The van der Waals surface area contributed by atoms with E-state index in [4.69, 9.17) is 5.73 Å². The Labute approximate surface area is 112 Å². The average Bonchev–Trinajstić information content (AvgIpc) is 2.38. The number of hydrogen-bond donors (Lipinski definition) is 2. The van der Waals surface area contributed by atoms with Gasteiger partial charge in [-0.2, -0.15) is 0 Å². The van der Waals surface area contributed by atoms with E-state index in [2.05, 4.69) is 0 Å². The van der Waals surface area contributed by atoms with Crippen molar-refractivity contribution in [3.05, 3.63) is 29.6 Å². The van der Waals surface area contributed by atoms with Gasteiger partial charge in [0.25, 0.3) is 5.91 Å². The van der Waals surface area contributed by atoms with Crippen molar-refractivity contribution in [1.29, 1.82) is 0 Å². The van der Waals surface area contributed by atoms with Crippen molar-refractivity contribution in [3.8, 4) is 5.75 Å². The van der Waals surface area contributed by atoms with Crippen LogP contribution in [0.2, 0.25) is 0 Å². The Bertz CT molecular complexity index is 471. The molecule has 5 heteroatoms. The van der Waals surface area contributed by atoms with Crippen molar-refractivity contribution in [1.82, 2.24) is 4.90 Å². The van der Waals surface area contributed by atoms with Crippen LogP contribution in [0.15, 0.2) is 18.2 Å². The number of rotatable bonds is 2. The van der Waals surface area contributed by atoms with Crippen LogP contribution in [0.1, 0.15) is 36.0 Å². The summed E-state index contributed by atoms with van der Waals surface area (Å²) >= 11 is 0. The summed E-state index contributed by atoms with van der Waals surface area (Å²) in [7, 11) is 1.71. The third kappa shape index (κ3) is 3.04. The van der Waals surface area contributed by atoms with Crippen LogP contribution in [0.3, 0.4) is 0 Å². The number of phenols is 1. The second kappa shape index (κ2) is 5.57. The molecule has 1 saturated carbocycles. The summed E-state index contributed by atoms with van der Waals surface area (Å²) in [5.74, 6) is -1.15. The second-order valence-corrected chi connectivity index (χ2v) is 5.15. The fourth-order valence-electron chi connectivity index (χ4n) is 2.53. The quantitative estimate of drug-likeness (QED) is 0.858. The number of hydrogen-bond acceptors (Lipinski definition) is 3. The number of carbonyl (C=O) groups excluding carboxylic acids is 1. The molecule has 0 radical (unpaired) electrons. The lowest BCUT2D eigenvalue weighted by atomic mass is 9.90. The fourth-order valence-corrected chi connectivity index (χ4v) is 2.53. The summed E-state index contributed by atoms with van der Waals surface area (Å²) in [4.78, 5) is 13.9. The lowest BCUT2D eigenvalue weighted by Gasteiger charge is -2.33. The lowest BCUT2D eigenvalue weighted by Crippen LogP contribution is -2.41. The molecule has 3 N–H and O–H groups in total. The first kappa shape index (κ1) is 13.8. The van der Waals surface area contributed by atoms with Gasteiger partial charge in [0.1, 0.15) is 11.6 Å². The Kier molecular flexibility index (Phi) is 4.04. The third-order valence-electron chi connectivity index (χ3n) is 3.80. The molecule has 104 valence electrons. The zero-order chi connectivity index (χ0) is 14.0. The Morgan fingerprint density at radius 2 is 2.00 bits per heavy atom. The molecule has 19 heavy (non-hydrogen) atoms. The molecule has 0 bridgehead atoms. The predicted molar refractivity (Wildman–Crippen MR) is 70.4 cm³/mol. The van der Waals surface area contributed by atoms with Gasteiger partial charge in [0, 0.05) is 25.2 Å². The minimum absolute atomic E-state index is 0.136. The van der Waals surface area contributed by atoms with Gasteiger partial charge in [-0.25, -0.2) is 4.39 Å². The normalized spacial score (nSPS) is 23.1. The largest absolute Gasteiger partial charge is 0.507 e. The highest BCUT2D eigenvalue weighted by molar-refractivity contribution is 5.96. The average molecular weight is 266 g/mol. The van der Waals surface area contributed by atoms with Gasteiger partial charge in [-0.05, 0) is 37.8 Å².